The quantitative estimate of drug-likeness (QED) is 0.355. The minimum Gasteiger partial charge on any atom is -0.392 e. The first-order valence-corrected chi connectivity index (χ1v) is 11.0. The van der Waals surface area contributed by atoms with Crippen molar-refractivity contribution in [2.45, 2.75) is 18.0 Å². The van der Waals surface area contributed by atoms with Crippen LogP contribution in [0.25, 0.3) is 10.9 Å². The van der Waals surface area contributed by atoms with E-state index in [-0.39, 0.29) is 24.0 Å². The van der Waals surface area contributed by atoms with Gasteiger partial charge in [-0.25, -0.2) is 8.42 Å². The molecule has 0 aliphatic carbocycles. The van der Waals surface area contributed by atoms with Crippen molar-refractivity contribution in [2.24, 2.45) is 0 Å². The van der Waals surface area contributed by atoms with Gasteiger partial charge in [0.1, 0.15) is 5.69 Å². The molecule has 4 N–H and O–H groups in total. The molecule has 0 spiro atoms. The first-order chi connectivity index (χ1) is 15.0. The number of aromatic nitrogens is 2. The fourth-order valence-electron chi connectivity index (χ4n) is 3.12. The van der Waals surface area contributed by atoms with Gasteiger partial charge in [-0.15, -0.1) is 0 Å². The molecule has 0 unspecified atom stereocenters. The Morgan fingerprint density at radius 2 is 1.84 bits per heavy atom. The highest BCUT2D eigenvalue weighted by Crippen LogP contribution is 2.20. The molecule has 0 bridgehead atoms. The molecule has 2 heterocycles. The standard InChI is InChI=1S/C22H20N4O4S/c27-14-16-3-1-2-4-20(16)26-31(29,30)18-7-5-15(6-8-18)12-24-22(28)21-11-17-13-23-10-9-19(17)25-21/h1-11,13,25-27H,12,14H2,(H,24,28). The number of pyridine rings is 1. The topological polar surface area (TPSA) is 124 Å². The zero-order valence-electron chi connectivity index (χ0n) is 16.4. The van der Waals surface area contributed by atoms with E-state index in [2.05, 4.69) is 20.0 Å². The summed E-state index contributed by atoms with van der Waals surface area (Å²) in [5, 5.41) is 13.0. The monoisotopic (exact) mass is 436 g/mol. The van der Waals surface area contributed by atoms with E-state index in [1.807, 2.05) is 0 Å². The summed E-state index contributed by atoms with van der Waals surface area (Å²) in [6.07, 6.45) is 3.32. The van der Waals surface area contributed by atoms with Gasteiger partial charge in [-0.3, -0.25) is 14.5 Å². The number of benzene rings is 2. The van der Waals surface area contributed by atoms with Gasteiger partial charge in [-0.2, -0.15) is 0 Å². The number of nitrogens with zero attached hydrogens (tertiary/aromatic N) is 1. The molecular formula is C22H20N4O4S. The lowest BCUT2D eigenvalue weighted by molar-refractivity contribution is 0.0946. The van der Waals surface area contributed by atoms with E-state index in [4.69, 9.17) is 0 Å². The number of fused-ring (bicyclic) bond motifs is 1. The van der Waals surface area contributed by atoms with Crippen molar-refractivity contribution in [3.63, 3.8) is 0 Å². The van der Waals surface area contributed by atoms with Crippen LogP contribution in [0.5, 0.6) is 0 Å². The summed E-state index contributed by atoms with van der Waals surface area (Å²) in [6, 6.07) is 16.4. The zero-order valence-corrected chi connectivity index (χ0v) is 17.2. The molecule has 8 nitrogen and oxygen atoms in total. The number of para-hydroxylation sites is 1. The number of hydrogen-bond donors (Lipinski definition) is 4. The summed E-state index contributed by atoms with van der Waals surface area (Å²) in [4.78, 5) is 19.5. The van der Waals surface area contributed by atoms with Crippen LogP contribution in [-0.4, -0.2) is 29.4 Å². The largest absolute Gasteiger partial charge is 0.392 e. The van der Waals surface area contributed by atoms with Gasteiger partial charge in [-0.1, -0.05) is 30.3 Å². The third kappa shape index (κ3) is 4.57. The van der Waals surface area contributed by atoms with Crippen LogP contribution in [0.3, 0.4) is 0 Å². The molecule has 31 heavy (non-hydrogen) atoms. The number of aromatic amines is 1. The summed E-state index contributed by atoms with van der Waals surface area (Å²) in [5.41, 5.74) is 2.81. The summed E-state index contributed by atoms with van der Waals surface area (Å²) in [7, 11) is -3.81. The minimum atomic E-state index is -3.81. The van der Waals surface area contributed by atoms with Gasteiger partial charge >= 0.3 is 0 Å². The second-order valence-corrected chi connectivity index (χ2v) is 8.58. The van der Waals surface area contributed by atoms with E-state index in [1.54, 1.807) is 60.9 Å². The Bertz CT molecular complexity index is 1300. The number of hydrogen-bond acceptors (Lipinski definition) is 5. The highest BCUT2D eigenvalue weighted by atomic mass is 32.2. The molecule has 0 aliphatic heterocycles. The van der Waals surface area contributed by atoms with Gasteiger partial charge in [-0.05, 0) is 35.9 Å². The minimum absolute atomic E-state index is 0.0819. The van der Waals surface area contributed by atoms with Crippen LogP contribution < -0.4 is 10.0 Å². The van der Waals surface area contributed by atoms with Crippen molar-refractivity contribution >= 4 is 32.5 Å². The maximum atomic E-state index is 12.6. The van der Waals surface area contributed by atoms with Gasteiger partial charge < -0.3 is 15.4 Å². The van der Waals surface area contributed by atoms with Crippen molar-refractivity contribution < 1.29 is 18.3 Å². The van der Waals surface area contributed by atoms with Gasteiger partial charge in [0.05, 0.1) is 17.2 Å². The van der Waals surface area contributed by atoms with Crippen molar-refractivity contribution in [3.8, 4) is 0 Å². The predicted molar refractivity (Wildman–Crippen MR) is 117 cm³/mol. The number of carbonyl (C=O) groups excluding carboxylic acids is 1. The van der Waals surface area contributed by atoms with E-state index in [0.29, 0.717) is 16.9 Å². The molecule has 1 amide bonds. The average molecular weight is 436 g/mol. The highest BCUT2D eigenvalue weighted by molar-refractivity contribution is 7.92. The highest BCUT2D eigenvalue weighted by Gasteiger charge is 2.16. The Morgan fingerprint density at radius 1 is 1.06 bits per heavy atom. The number of rotatable bonds is 7. The molecule has 0 fully saturated rings. The molecule has 0 aliphatic rings. The molecular weight excluding hydrogens is 416 g/mol. The van der Waals surface area contributed by atoms with Gasteiger partial charge in [0.15, 0.2) is 0 Å². The second kappa shape index (κ2) is 8.58. The number of amides is 1. The summed E-state index contributed by atoms with van der Waals surface area (Å²) >= 11 is 0. The Kier molecular flexibility index (Phi) is 5.70. The summed E-state index contributed by atoms with van der Waals surface area (Å²) in [5.74, 6) is -0.268. The molecule has 0 atom stereocenters. The fraction of sp³-hybridized carbons (Fsp3) is 0.0909. The van der Waals surface area contributed by atoms with Crippen molar-refractivity contribution in [1.82, 2.24) is 15.3 Å². The lowest BCUT2D eigenvalue weighted by Gasteiger charge is -2.12. The van der Waals surface area contributed by atoms with Gasteiger partial charge in [0.2, 0.25) is 0 Å². The Balaban J connectivity index is 1.42. The Labute approximate surface area is 179 Å². The summed E-state index contributed by atoms with van der Waals surface area (Å²) < 4.78 is 27.8. The van der Waals surface area contributed by atoms with Crippen molar-refractivity contribution in [3.05, 3.63) is 89.9 Å². The fourth-order valence-corrected chi connectivity index (χ4v) is 4.22. The molecule has 9 heteroatoms. The van der Waals surface area contributed by atoms with Crippen LogP contribution in [0.4, 0.5) is 5.69 Å². The van der Waals surface area contributed by atoms with E-state index in [0.717, 1.165) is 16.5 Å². The molecule has 0 saturated carbocycles. The van der Waals surface area contributed by atoms with Gasteiger partial charge in [0, 0.05) is 35.4 Å². The normalized spacial score (nSPS) is 11.4. The zero-order chi connectivity index (χ0) is 21.8. The maximum Gasteiger partial charge on any atom is 0.267 e. The lowest BCUT2D eigenvalue weighted by Crippen LogP contribution is -2.23. The van der Waals surface area contributed by atoms with Crippen LogP contribution in [0.15, 0.2) is 78.0 Å². The third-order valence-electron chi connectivity index (χ3n) is 4.78. The number of nitrogens with one attached hydrogen (secondary N) is 3. The van der Waals surface area contributed by atoms with Crippen LogP contribution in [0.2, 0.25) is 0 Å². The molecule has 4 aromatic rings. The molecule has 0 radical (unpaired) electrons. The van der Waals surface area contributed by atoms with E-state index >= 15 is 0 Å². The lowest BCUT2D eigenvalue weighted by atomic mass is 10.2. The smallest absolute Gasteiger partial charge is 0.267 e. The summed E-state index contributed by atoms with van der Waals surface area (Å²) in [6.45, 7) is -0.0300. The first-order valence-electron chi connectivity index (χ1n) is 9.48. The Morgan fingerprint density at radius 3 is 2.58 bits per heavy atom. The van der Waals surface area contributed by atoms with Crippen LogP contribution in [0, 0.1) is 0 Å². The molecule has 2 aromatic heterocycles. The number of aliphatic hydroxyl groups excluding tert-OH is 1. The number of H-pyrrole nitrogens is 1. The molecule has 2 aromatic carbocycles. The number of aliphatic hydroxyl groups is 1. The van der Waals surface area contributed by atoms with E-state index in [1.165, 1.54) is 12.1 Å². The van der Waals surface area contributed by atoms with Crippen LogP contribution in [-0.2, 0) is 23.2 Å². The first kappa shape index (κ1) is 20.6. The maximum absolute atomic E-state index is 12.6. The third-order valence-corrected chi connectivity index (χ3v) is 6.17. The van der Waals surface area contributed by atoms with Crippen LogP contribution in [0.1, 0.15) is 21.6 Å². The number of anilines is 1. The van der Waals surface area contributed by atoms with Crippen molar-refractivity contribution in [1.29, 1.82) is 0 Å². The number of carbonyl (C=O) groups is 1. The second-order valence-electron chi connectivity index (χ2n) is 6.89. The Hall–Kier alpha value is -3.69. The SMILES string of the molecule is O=C(NCc1ccc(S(=O)(=O)Nc2ccccc2CO)cc1)c1cc2cnccc2[nH]1. The average Bonchev–Trinajstić information content (AvgIpc) is 3.22. The number of sulfonamides is 1. The van der Waals surface area contributed by atoms with E-state index in [9.17, 15) is 18.3 Å². The van der Waals surface area contributed by atoms with Crippen LogP contribution >= 0.6 is 0 Å². The van der Waals surface area contributed by atoms with Crippen molar-refractivity contribution in [2.75, 3.05) is 4.72 Å². The van der Waals surface area contributed by atoms with Gasteiger partial charge in [0.25, 0.3) is 15.9 Å². The molecule has 0 saturated heterocycles. The molecule has 4 rings (SSSR count). The predicted octanol–water partition coefficient (Wildman–Crippen LogP) is 2.79. The van der Waals surface area contributed by atoms with E-state index < -0.39 is 10.0 Å². The molecule has 158 valence electrons.